The first-order chi connectivity index (χ1) is 7.27. The van der Waals surface area contributed by atoms with Crippen LogP contribution in [0.4, 0.5) is 0 Å². The lowest BCUT2D eigenvalue weighted by Gasteiger charge is -2.23. The van der Waals surface area contributed by atoms with Crippen LogP contribution in [-0.4, -0.2) is 50.2 Å². The Balaban J connectivity index is 1.78. The van der Waals surface area contributed by atoms with Gasteiger partial charge in [0.2, 0.25) is 0 Å². The van der Waals surface area contributed by atoms with Gasteiger partial charge in [-0.1, -0.05) is 0 Å². The second-order valence-corrected chi connectivity index (χ2v) is 4.58. The molecule has 86 valence electrons. The van der Waals surface area contributed by atoms with Crippen LogP contribution in [0, 0.1) is 5.92 Å². The fraction of sp³-hybridized carbons (Fsp3) is 0.909. The van der Waals surface area contributed by atoms with Gasteiger partial charge in [0.1, 0.15) is 6.10 Å². The van der Waals surface area contributed by atoms with Crippen LogP contribution >= 0.6 is 0 Å². The average Bonchev–Trinajstić information content (AvgIpc) is 2.88. The molecule has 4 nitrogen and oxygen atoms in total. The maximum absolute atomic E-state index is 11.9. The summed E-state index contributed by atoms with van der Waals surface area (Å²) in [6, 6.07) is 0. The molecule has 0 radical (unpaired) electrons. The molecule has 0 saturated carbocycles. The molecule has 2 fully saturated rings. The lowest BCUT2D eigenvalue weighted by Crippen LogP contribution is -2.39. The third-order valence-electron chi connectivity index (χ3n) is 3.28. The van der Waals surface area contributed by atoms with E-state index in [1.165, 1.54) is 6.42 Å². The summed E-state index contributed by atoms with van der Waals surface area (Å²) in [5.41, 5.74) is 0. The van der Waals surface area contributed by atoms with E-state index in [4.69, 9.17) is 4.74 Å². The predicted molar refractivity (Wildman–Crippen MR) is 57.6 cm³/mol. The lowest BCUT2D eigenvalue weighted by atomic mass is 10.1. The fourth-order valence-corrected chi connectivity index (χ4v) is 2.37. The number of hydrogen-bond acceptors (Lipinski definition) is 3. The average molecular weight is 212 g/mol. The first kappa shape index (κ1) is 10.9. The fourth-order valence-electron chi connectivity index (χ4n) is 2.37. The molecular weight excluding hydrogens is 192 g/mol. The largest absolute Gasteiger partial charge is 0.368 e. The van der Waals surface area contributed by atoms with E-state index >= 15 is 0 Å². The highest BCUT2D eigenvalue weighted by molar-refractivity contribution is 5.80. The van der Waals surface area contributed by atoms with Crippen molar-refractivity contribution in [2.45, 2.75) is 25.4 Å². The van der Waals surface area contributed by atoms with Crippen LogP contribution in [0.3, 0.4) is 0 Å². The summed E-state index contributed by atoms with van der Waals surface area (Å²) >= 11 is 0. The van der Waals surface area contributed by atoms with Crippen molar-refractivity contribution >= 4 is 5.91 Å². The van der Waals surface area contributed by atoms with Gasteiger partial charge in [-0.2, -0.15) is 0 Å². The molecule has 0 aliphatic carbocycles. The number of hydrogen-bond donors (Lipinski definition) is 1. The number of rotatable bonds is 3. The molecule has 0 aromatic heterocycles. The highest BCUT2D eigenvalue weighted by Gasteiger charge is 2.28. The van der Waals surface area contributed by atoms with Gasteiger partial charge < -0.3 is 15.0 Å². The molecule has 4 heteroatoms. The monoisotopic (exact) mass is 212 g/mol. The van der Waals surface area contributed by atoms with E-state index < -0.39 is 0 Å². The topological polar surface area (TPSA) is 41.6 Å². The Hall–Kier alpha value is -0.610. The number of ether oxygens (including phenoxy) is 1. The Morgan fingerprint density at radius 3 is 3.00 bits per heavy atom. The van der Waals surface area contributed by atoms with Crippen molar-refractivity contribution in [2.75, 3.05) is 33.3 Å². The molecule has 2 unspecified atom stereocenters. The SMILES string of the molecule is CN(CC1CCNC1)C(=O)C1CCCO1. The van der Waals surface area contributed by atoms with Gasteiger partial charge in [-0.25, -0.2) is 0 Å². The summed E-state index contributed by atoms with van der Waals surface area (Å²) in [5.74, 6) is 0.791. The molecular formula is C11H20N2O2. The molecule has 2 aliphatic rings. The van der Waals surface area contributed by atoms with Gasteiger partial charge in [0, 0.05) is 20.2 Å². The van der Waals surface area contributed by atoms with E-state index in [-0.39, 0.29) is 12.0 Å². The van der Waals surface area contributed by atoms with Gasteiger partial charge in [-0.15, -0.1) is 0 Å². The molecule has 2 aliphatic heterocycles. The third-order valence-corrected chi connectivity index (χ3v) is 3.28. The molecule has 2 atom stereocenters. The van der Waals surface area contributed by atoms with Crippen molar-refractivity contribution in [3.05, 3.63) is 0 Å². The van der Waals surface area contributed by atoms with Crippen LogP contribution in [0.1, 0.15) is 19.3 Å². The summed E-state index contributed by atoms with van der Waals surface area (Å²) in [7, 11) is 1.89. The normalized spacial score (nSPS) is 30.7. The Morgan fingerprint density at radius 2 is 2.40 bits per heavy atom. The van der Waals surface area contributed by atoms with Crippen LogP contribution in [-0.2, 0) is 9.53 Å². The minimum atomic E-state index is -0.163. The summed E-state index contributed by atoms with van der Waals surface area (Å²) in [4.78, 5) is 13.8. The highest BCUT2D eigenvalue weighted by atomic mass is 16.5. The highest BCUT2D eigenvalue weighted by Crippen LogP contribution is 2.16. The maximum atomic E-state index is 11.9. The van der Waals surface area contributed by atoms with Crippen LogP contribution in [0.25, 0.3) is 0 Å². The van der Waals surface area contributed by atoms with E-state index in [0.717, 1.165) is 39.1 Å². The third kappa shape index (κ3) is 2.69. The molecule has 15 heavy (non-hydrogen) atoms. The van der Waals surface area contributed by atoms with Crippen molar-refractivity contribution in [3.8, 4) is 0 Å². The molecule has 2 rings (SSSR count). The number of nitrogens with one attached hydrogen (secondary N) is 1. The molecule has 2 heterocycles. The number of carbonyl (C=O) groups is 1. The van der Waals surface area contributed by atoms with E-state index in [1.54, 1.807) is 0 Å². The molecule has 2 saturated heterocycles. The molecule has 0 bridgehead atoms. The number of nitrogens with zero attached hydrogens (tertiary/aromatic N) is 1. The molecule has 0 aromatic carbocycles. The van der Waals surface area contributed by atoms with Crippen molar-refractivity contribution in [2.24, 2.45) is 5.92 Å². The van der Waals surface area contributed by atoms with Crippen molar-refractivity contribution in [3.63, 3.8) is 0 Å². The van der Waals surface area contributed by atoms with Crippen LogP contribution in [0.15, 0.2) is 0 Å². The van der Waals surface area contributed by atoms with E-state index in [0.29, 0.717) is 5.92 Å². The summed E-state index contributed by atoms with van der Waals surface area (Å²) in [6.07, 6.45) is 2.94. The first-order valence-corrected chi connectivity index (χ1v) is 5.84. The van der Waals surface area contributed by atoms with Crippen LogP contribution in [0.2, 0.25) is 0 Å². The smallest absolute Gasteiger partial charge is 0.251 e. The molecule has 0 aromatic rings. The first-order valence-electron chi connectivity index (χ1n) is 5.84. The predicted octanol–water partition coefficient (Wildman–Crippen LogP) is 0.233. The van der Waals surface area contributed by atoms with E-state index in [2.05, 4.69) is 5.32 Å². The molecule has 0 spiro atoms. The summed E-state index contributed by atoms with van der Waals surface area (Å²) < 4.78 is 5.39. The maximum Gasteiger partial charge on any atom is 0.251 e. The Bertz CT molecular complexity index is 221. The number of carbonyl (C=O) groups excluding carboxylic acids is 1. The zero-order chi connectivity index (χ0) is 10.7. The van der Waals surface area contributed by atoms with Crippen molar-refractivity contribution in [1.82, 2.24) is 10.2 Å². The quantitative estimate of drug-likeness (QED) is 0.728. The van der Waals surface area contributed by atoms with Gasteiger partial charge in [0.15, 0.2) is 0 Å². The summed E-state index contributed by atoms with van der Waals surface area (Å²) in [5, 5.41) is 3.32. The Labute approximate surface area is 91.0 Å². The van der Waals surface area contributed by atoms with Gasteiger partial charge in [0.05, 0.1) is 0 Å². The molecule has 1 N–H and O–H groups in total. The number of amides is 1. The van der Waals surface area contributed by atoms with Crippen molar-refractivity contribution in [1.29, 1.82) is 0 Å². The van der Waals surface area contributed by atoms with Crippen molar-refractivity contribution < 1.29 is 9.53 Å². The van der Waals surface area contributed by atoms with Crippen LogP contribution < -0.4 is 5.32 Å². The van der Waals surface area contributed by atoms with Gasteiger partial charge in [-0.3, -0.25) is 4.79 Å². The van der Waals surface area contributed by atoms with Gasteiger partial charge >= 0.3 is 0 Å². The lowest BCUT2D eigenvalue weighted by molar-refractivity contribution is -0.140. The van der Waals surface area contributed by atoms with Gasteiger partial charge in [-0.05, 0) is 38.3 Å². The zero-order valence-corrected chi connectivity index (χ0v) is 9.37. The minimum Gasteiger partial charge on any atom is -0.368 e. The van der Waals surface area contributed by atoms with Crippen LogP contribution in [0.5, 0.6) is 0 Å². The minimum absolute atomic E-state index is 0.163. The second-order valence-electron chi connectivity index (χ2n) is 4.58. The number of likely N-dealkylation sites (N-methyl/N-ethyl adjacent to an activating group) is 1. The van der Waals surface area contributed by atoms with E-state index in [9.17, 15) is 4.79 Å². The second kappa shape index (κ2) is 4.94. The summed E-state index contributed by atoms with van der Waals surface area (Å²) in [6.45, 7) is 3.75. The van der Waals surface area contributed by atoms with E-state index in [1.807, 2.05) is 11.9 Å². The van der Waals surface area contributed by atoms with Gasteiger partial charge in [0.25, 0.3) is 5.91 Å². The molecule has 1 amide bonds. The standard InChI is InChI=1S/C11H20N2O2/c1-13(8-9-4-5-12-7-9)11(14)10-3-2-6-15-10/h9-10,12H,2-8H2,1H3. The zero-order valence-electron chi connectivity index (χ0n) is 9.37. The Kier molecular flexibility index (Phi) is 3.59. The Morgan fingerprint density at radius 1 is 1.53 bits per heavy atom.